The number of hydrogen-bond acceptors (Lipinski definition) is 1. The zero-order valence-corrected chi connectivity index (χ0v) is 8.18. The maximum Gasteiger partial charge on any atom is 0.251 e. The van der Waals surface area contributed by atoms with Gasteiger partial charge in [-0.3, -0.25) is 4.79 Å². The largest absolute Gasteiger partial charge is 0.326 e. The first-order valence-electron chi connectivity index (χ1n) is 4.89. The molecule has 0 saturated heterocycles. The lowest BCUT2D eigenvalue weighted by Gasteiger charge is -2.27. The van der Waals surface area contributed by atoms with E-state index in [0.717, 1.165) is 11.3 Å². The van der Waals surface area contributed by atoms with Crippen LogP contribution in [0.15, 0.2) is 10.9 Å². The third kappa shape index (κ3) is 1.41. The van der Waals surface area contributed by atoms with Crippen LogP contribution in [0.25, 0.3) is 0 Å². The number of H-pyrrole nitrogens is 1. The van der Waals surface area contributed by atoms with Crippen LogP contribution >= 0.6 is 0 Å². The molecule has 2 heteroatoms. The summed E-state index contributed by atoms with van der Waals surface area (Å²) in [5.41, 5.74) is 3.25. The molecule has 1 aromatic heterocycles. The number of nitrogens with one attached hydrogen (secondary N) is 1. The molecule has 2 nitrogen and oxygen atoms in total. The minimum Gasteiger partial charge on any atom is -0.326 e. The van der Waals surface area contributed by atoms with E-state index in [1.54, 1.807) is 0 Å². The lowest BCUT2D eigenvalue weighted by Crippen LogP contribution is -2.18. The zero-order chi connectivity index (χ0) is 9.42. The number of pyridine rings is 1. The molecule has 1 saturated carbocycles. The molecule has 0 spiro atoms. The Bertz CT molecular complexity index is 374. The first-order valence-corrected chi connectivity index (χ1v) is 4.89. The standard InChI is InChI=1S/C11H15NO/c1-7-6-10(9-4-3-5-9)8(2)11(13)12-7/h6,9H,3-5H2,1-2H3,(H,12,13). The van der Waals surface area contributed by atoms with Crippen molar-refractivity contribution < 1.29 is 0 Å². The molecule has 1 fully saturated rings. The van der Waals surface area contributed by atoms with E-state index in [2.05, 4.69) is 11.1 Å². The van der Waals surface area contributed by atoms with Crippen LogP contribution < -0.4 is 5.56 Å². The highest BCUT2D eigenvalue weighted by molar-refractivity contribution is 5.30. The van der Waals surface area contributed by atoms with Crippen LogP contribution in [0.2, 0.25) is 0 Å². The van der Waals surface area contributed by atoms with Gasteiger partial charge in [-0.25, -0.2) is 0 Å². The Morgan fingerprint density at radius 2 is 2.08 bits per heavy atom. The van der Waals surface area contributed by atoms with Crippen LogP contribution in [0.5, 0.6) is 0 Å². The van der Waals surface area contributed by atoms with E-state index in [-0.39, 0.29) is 5.56 Å². The minimum absolute atomic E-state index is 0.0851. The van der Waals surface area contributed by atoms with E-state index in [0.29, 0.717) is 5.92 Å². The zero-order valence-electron chi connectivity index (χ0n) is 8.18. The Morgan fingerprint density at radius 3 is 2.62 bits per heavy atom. The first kappa shape index (κ1) is 8.54. The molecular formula is C11H15NO. The van der Waals surface area contributed by atoms with Crippen molar-refractivity contribution in [3.8, 4) is 0 Å². The van der Waals surface area contributed by atoms with Crippen LogP contribution in [0.4, 0.5) is 0 Å². The van der Waals surface area contributed by atoms with Crippen molar-refractivity contribution in [3.63, 3.8) is 0 Å². The molecule has 0 aromatic carbocycles. The van der Waals surface area contributed by atoms with Gasteiger partial charge in [0, 0.05) is 11.3 Å². The first-order chi connectivity index (χ1) is 6.18. The monoisotopic (exact) mass is 177 g/mol. The molecule has 1 aliphatic carbocycles. The second-order valence-electron chi connectivity index (χ2n) is 3.99. The van der Waals surface area contributed by atoms with E-state index in [9.17, 15) is 4.79 Å². The van der Waals surface area contributed by atoms with Gasteiger partial charge in [0.05, 0.1) is 0 Å². The third-order valence-corrected chi connectivity index (χ3v) is 3.00. The molecule has 13 heavy (non-hydrogen) atoms. The molecule has 0 aliphatic heterocycles. The van der Waals surface area contributed by atoms with E-state index in [1.165, 1.54) is 24.8 Å². The summed E-state index contributed by atoms with van der Waals surface area (Å²) in [5, 5.41) is 0. The van der Waals surface area contributed by atoms with Crippen LogP contribution in [-0.2, 0) is 0 Å². The summed E-state index contributed by atoms with van der Waals surface area (Å²) in [6.07, 6.45) is 3.82. The highest BCUT2D eigenvalue weighted by Crippen LogP contribution is 2.37. The smallest absolute Gasteiger partial charge is 0.251 e. The van der Waals surface area contributed by atoms with Gasteiger partial charge in [-0.2, -0.15) is 0 Å². The van der Waals surface area contributed by atoms with Crippen molar-refractivity contribution in [3.05, 3.63) is 33.2 Å². The van der Waals surface area contributed by atoms with Crippen molar-refractivity contribution in [2.75, 3.05) is 0 Å². The summed E-state index contributed by atoms with van der Waals surface area (Å²) >= 11 is 0. The second kappa shape index (κ2) is 3.02. The maximum absolute atomic E-state index is 11.4. The molecule has 1 heterocycles. The number of aromatic amines is 1. The summed E-state index contributed by atoms with van der Waals surface area (Å²) in [4.78, 5) is 14.3. The molecule has 2 rings (SSSR count). The average molecular weight is 177 g/mol. The average Bonchev–Trinajstić information content (AvgIpc) is 1.95. The molecule has 1 aromatic rings. The molecule has 0 atom stereocenters. The Labute approximate surface area is 78.0 Å². The Morgan fingerprint density at radius 1 is 1.38 bits per heavy atom. The summed E-state index contributed by atoms with van der Waals surface area (Å²) in [6.45, 7) is 3.87. The second-order valence-corrected chi connectivity index (χ2v) is 3.99. The number of aryl methyl sites for hydroxylation is 1. The Kier molecular flexibility index (Phi) is 1.98. The van der Waals surface area contributed by atoms with Crippen molar-refractivity contribution >= 4 is 0 Å². The van der Waals surface area contributed by atoms with Gasteiger partial charge in [-0.05, 0) is 44.2 Å². The number of rotatable bonds is 1. The molecule has 70 valence electrons. The topological polar surface area (TPSA) is 32.9 Å². The maximum atomic E-state index is 11.4. The molecule has 0 amide bonds. The van der Waals surface area contributed by atoms with Crippen LogP contribution in [0, 0.1) is 13.8 Å². The van der Waals surface area contributed by atoms with E-state index >= 15 is 0 Å². The Balaban J connectivity index is 2.48. The lowest BCUT2D eigenvalue weighted by atomic mass is 9.78. The summed E-state index contributed by atoms with van der Waals surface area (Å²) in [6, 6.07) is 2.13. The highest BCUT2D eigenvalue weighted by atomic mass is 16.1. The summed E-state index contributed by atoms with van der Waals surface area (Å²) in [7, 11) is 0. The molecule has 0 unspecified atom stereocenters. The quantitative estimate of drug-likeness (QED) is 0.701. The van der Waals surface area contributed by atoms with Crippen LogP contribution in [-0.4, -0.2) is 4.98 Å². The SMILES string of the molecule is Cc1cc(C2CCC2)c(C)c(=O)[nH]1. The van der Waals surface area contributed by atoms with Gasteiger partial charge < -0.3 is 4.98 Å². The highest BCUT2D eigenvalue weighted by Gasteiger charge is 2.22. The molecule has 1 N–H and O–H groups in total. The van der Waals surface area contributed by atoms with Gasteiger partial charge in [-0.1, -0.05) is 6.42 Å². The van der Waals surface area contributed by atoms with Crippen molar-refractivity contribution in [2.24, 2.45) is 0 Å². The fraction of sp³-hybridized carbons (Fsp3) is 0.545. The van der Waals surface area contributed by atoms with E-state index in [4.69, 9.17) is 0 Å². The van der Waals surface area contributed by atoms with Crippen LogP contribution in [0.3, 0.4) is 0 Å². The number of hydrogen-bond donors (Lipinski definition) is 1. The van der Waals surface area contributed by atoms with Crippen molar-refractivity contribution in [2.45, 2.75) is 39.0 Å². The molecule has 0 bridgehead atoms. The van der Waals surface area contributed by atoms with Gasteiger partial charge >= 0.3 is 0 Å². The van der Waals surface area contributed by atoms with Gasteiger partial charge in [-0.15, -0.1) is 0 Å². The normalized spacial score (nSPS) is 17.1. The molecule has 0 radical (unpaired) electrons. The number of aromatic nitrogens is 1. The summed E-state index contributed by atoms with van der Waals surface area (Å²) < 4.78 is 0. The van der Waals surface area contributed by atoms with Gasteiger partial charge in [0.25, 0.3) is 5.56 Å². The van der Waals surface area contributed by atoms with E-state index < -0.39 is 0 Å². The predicted octanol–water partition coefficient (Wildman–Crippen LogP) is 2.26. The van der Waals surface area contributed by atoms with Crippen molar-refractivity contribution in [1.82, 2.24) is 4.98 Å². The summed E-state index contributed by atoms with van der Waals surface area (Å²) in [5.74, 6) is 0.654. The van der Waals surface area contributed by atoms with Crippen LogP contribution in [0.1, 0.15) is 42.0 Å². The van der Waals surface area contributed by atoms with Gasteiger partial charge in [0.2, 0.25) is 0 Å². The fourth-order valence-electron chi connectivity index (χ4n) is 1.92. The van der Waals surface area contributed by atoms with Gasteiger partial charge in [0.15, 0.2) is 0 Å². The fourth-order valence-corrected chi connectivity index (χ4v) is 1.92. The van der Waals surface area contributed by atoms with E-state index in [1.807, 2.05) is 13.8 Å². The van der Waals surface area contributed by atoms with Gasteiger partial charge in [0.1, 0.15) is 0 Å². The molecular weight excluding hydrogens is 162 g/mol. The lowest BCUT2D eigenvalue weighted by molar-refractivity contribution is 0.417. The minimum atomic E-state index is 0.0851. The molecule has 1 aliphatic rings. The van der Waals surface area contributed by atoms with Crippen molar-refractivity contribution in [1.29, 1.82) is 0 Å². The Hall–Kier alpha value is -1.05. The predicted molar refractivity (Wildman–Crippen MR) is 53.1 cm³/mol. The third-order valence-electron chi connectivity index (χ3n) is 3.00.